The third-order valence-electron chi connectivity index (χ3n) is 19.4. The summed E-state index contributed by atoms with van der Waals surface area (Å²) in [6, 6.07) is 10.1. The van der Waals surface area contributed by atoms with Crippen LogP contribution in [0.15, 0.2) is 41.4 Å². The molecular weight excluding hydrogens is 1080 g/mol. The Morgan fingerprint density at radius 1 is 0.878 bits per heavy atom. The fraction of sp³-hybridized carbons (Fsp3) is 0.625. The van der Waals surface area contributed by atoms with Gasteiger partial charge >= 0.3 is 0 Å². The number of aromatic hydroxyl groups is 2. The number of benzene rings is 3. The van der Waals surface area contributed by atoms with Crippen molar-refractivity contribution in [3.8, 4) is 52.4 Å². The van der Waals surface area contributed by atoms with Gasteiger partial charge in [-0.1, -0.05) is 77.3 Å². The van der Waals surface area contributed by atoms with Crippen molar-refractivity contribution in [2.24, 2.45) is 45.2 Å². The van der Waals surface area contributed by atoms with Crippen molar-refractivity contribution in [1.82, 2.24) is 10.6 Å². The van der Waals surface area contributed by atoms with Crippen LogP contribution in [0.2, 0.25) is 0 Å². The number of guanidine groups is 1. The number of aryl methyl sites for hydroxylation is 2. The Balaban J connectivity index is 1.11. The summed E-state index contributed by atoms with van der Waals surface area (Å²) in [5.41, 5.74) is 11.4. The maximum atomic E-state index is 13.5. The van der Waals surface area contributed by atoms with Gasteiger partial charge in [-0.05, 0) is 159 Å². The molecule has 3 spiro atoms. The van der Waals surface area contributed by atoms with E-state index in [4.69, 9.17) is 29.7 Å². The molecule has 12 atom stereocenters. The van der Waals surface area contributed by atoms with Crippen LogP contribution in [0, 0.1) is 58.2 Å². The molecule has 0 aromatic heterocycles. The minimum absolute atomic E-state index is 0.00615. The number of nitrogens with two attached hydrogens (primary N) is 1. The second kappa shape index (κ2) is 26.2. The first-order valence-corrected chi connectivity index (χ1v) is 32.2. The number of ketones is 1. The Bertz CT molecular complexity index is 2950. The van der Waals surface area contributed by atoms with Gasteiger partial charge in [-0.25, -0.2) is 4.99 Å². The fourth-order valence-electron chi connectivity index (χ4n) is 14.9. The Kier molecular flexibility index (Phi) is 19.2. The summed E-state index contributed by atoms with van der Waals surface area (Å²) in [6.07, 6.45) is 8.18. The molecule has 11 rings (SSSR count). The Labute approximate surface area is 490 Å². The predicted octanol–water partition coefficient (Wildman–Crippen LogP) is 7.28. The van der Waals surface area contributed by atoms with Gasteiger partial charge in [0.1, 0.15) is 18.3 Å². The molecule has 0 radical (unpaired) electrons. The summed E-state index contributed by atoms with van der Waals surface area (Å²) in [5.74, 6) is 15.9. The van der Waals surface area contributed by atoms with Crippen molar-refractivity contribution in [1.29, 1.82) is 0 Å². The predicted molar refractivity (Wildman–Crippen MR) is 317 cm³/mol. The third-order valence-corrected chi connectivity index (χ3v) is 21.9. The Hall–Kier alpha value is -4.86. The number of hydrogen-bond donors (Lipinski definition) is 10. The number of carbonyl (C=O) groups is 1. The zero-order valence-electron chi connectivity index (χ0n) is 47.7. The summed E-state index contributed by atoms with van der Waals surface area (Å²) in [5, 5.41) is 84.9. The highest BCUT2D eigenvalue weighted by Gasteiger charge is 2.56. The van der Waals surface area contributed by atoms with Crippen LogP contribution in [0.3, 0.4) is 0 Å². The van der Waals surface area contributed by atoms with Gasteiger partial charge in [-0.3, -0.25) is 10.1 Å². The van der Waals surface area contributed by atoms with E-state index in [-0.39, 0.29) is 109 Å². The molecule has 2 fully saturated rings. The lowest BCUT2D eigenvalue weighted by atomic mass is 9.57. The molecule has 444 valence electrons. The number of aliphatic imine (C=N–C) groups is 1. The van der Waals surface area contributed by atoms with E-state index < -0.39 is 42.8 Å². The van der Waals surface area contributed by atoms with Crippen molar-refractivity contribution in [3.05, 3.63) is 75.3 Å². The van der Waals surface area contributed by atoms with Crippen LogP contribution in [0.1, 0.15) is 149 Å². The Morgan fingerprint density at radius 3 is 2.49 bits per heavy atom. The van der Waals surface area contributed by atoms with Crippen LogP contribution in [0.5, 0.6) is 28.7 Å². The molecule has 11 N–H and O–H groups in total. The van der Waals surface area contributed by atoms with E-state index in [1.54, 1.807) is 46.9 Å². The number of phenolic OH excluding ortho intramolecular Hbond substituents is 2. The molecule has 2 saturated carbocycles. The minimum Gasteiger partial charge on any atom is -0.508 e. The average molecular weight is 1170 g/mol. The molecule has 8 aliphatic rings. The molecule has 3 aromatic carbocycles. The van der Waals surface area contributed by atoms with Gasteiger partial charge in [0.05, 0.1) is 42.6 Å². The summed E-state index contributed by atoms with van der Waals surface area (Å²) >= 11 is 0. The molecule has 82 heavy (non-hydrogen) atoms. The standard InChI is InChI=1S/C64H84N4O12S2/c1-38(2)54-33-82-81-32-52-51-29-50-40-10-15-45(72)27-44(71)14-9-39-12-18-56(75)58(79-37-70)48(39)7-4-6-41(26-40)57(59(50)80-60(51)76)78-36-66-64(21-5-8-53(52)67-61(65)68-54)35-63(22-19-43(64)13-17-47(31-69)77-3)25-24-62(34-63)23-20-55(74)49-28-46(73)16-11-42(49)30-62/h11-12,16,18,26,28,38,43,45,47,51-55,60,66,69-70,72-76H,6,9-10,13-15,17,19-25,27,29-37H2,1-3H3,(H3,65,67,68)/t43-,45-,47+,51+,52+,53-,54-,55-,60+,62+,63+,64-/m1/s1. The summed E-state index contributed by atoms with van der Waals surface area (Å²) in [4.78, 5) is 18.5. The van der Waals surface area contributed by atoms with E-state index in [0.29, 0.717) is 72.0 Å². The molecule has 4 heterocycles. The topological polar surface area (TPSA) is 258 Å². The number of hydrogen-bond acceptors (Lipinski definition) is 18. The van der Waals surface area contributed by atoms with Gasteiger partial charge in [0, 0.05) is 72.8 Å². The molecule has 0 saturated heterocycles. The number of ether oxygens (including phenoxy) is 4. The molecule has 4 aliphatic carbocycles. The van der Waals surface area contributed by atoms with E-state index >= 15 is 0 Å². The highest BCUT2D eigenvalue weighted by Crippen LogP contribution is 2.63. The van der Waals surface area contributed by atoms with E-state index in [0.717, 1.165) is 85.8 Å². The van der Waals surface area contributed by atoms with Gasteiger partial charge in [-0.15, -0.1) is 0 Å². The molecule has 0 amide bonds. The van der Waals surface area contributed by atoms with Gasteiger partial charge in [0.25, 0.3) is 0 Å². The van der Waals surface area contributed by atoms with Crippen molar-refractivity contribution < 1.29 is 59.5 Å². The number of aliphatic hydroxyl groups is 5. The van der Waals surface area contributed by atoms with Crippen molar-refractivity contribution in [2.45, 2.75) is 178 Å². The lowest BCUT2D eigenvalue weighted by molar-refractivity contribution is -0.121. The number of nitrogens with one attached hydrogen (secondary N) is 2. The van der Waals surface area contributed by atoms with Gasteiger partial charge < -0.3 is 65.7 Å². The van der Waals surface area contributed by atoms with E-state index in [9.17, 15) is 40.5 Å². The van der Waals surface area contributed by atoms with Gasteiger partial charge in [0.2, 0.25) is 6.29 Å². The van der Waals surface area contributed by atoms with Crippen LogP contribution in [-0.2, 0) is 41.6 Å². The number of phenols is 2. The van der Waals surface area contributed by atoms with Crippen molar-refractivity contribution in [2.75, 3.05) is 38.7 Å². The number of nitrogens with zero attached hydrogens (tertiary/aromatic N) is 1. The first kappa shape index (κ1) is 60.3. The van der Waals surface area contributed by atoms with Crippen LogP contribution in [0.25, 0.3) is 0 Å². The molecule has 6 bridgehead atoms. The zero-order valence-corrected chi connectivity index (χ0v) is 49.4. The SMILES string of the molecule is CO[C@H](CO)CC[C@@H]1CC[C@@]2(CC[C@]3(CC[C@@H](O)c4cc(O)ccc4C3)C2)C[C@]12CC#C[C@H]1NC(N)=N[C@@H](C(C)C)CSSC[C@H]1[C@@H]1Cc3c4cc(c(c3O[C@@H]1O)OCN2)CC#Cc1c(ccc(O)c1OCO)CCC(=O)C[C@H](O)CC4. The maximum absolute atomic E-state index is 13.5. The van der Waals surface area contributed by atoms with Crippen LogP contribution in [-0.4, -0.2) is 122 Å². The summed E-state index contributed by atoms with van der Waals surface area (Å²) < 4.78 is 25.3. The monoisotopic (exact) mass is 1160 g/mol. The largest absolute Gasteiger partial charge is 0.508 e. The summed E-state index contributed by atoms with van der Waals surface area (Å²) in [7, 11) is 5.13. The first-order valence-electron chi connectivity index (χ1n) is 29.7. The molecule has 3 aromatic rings. The maximum Gasteiger partial charge on any atom is 0.201 e. The number of methoxy groups -OCH3 is 1. The Morgan fingerprint density at radius 2 is 1.68 bits per heavy atom. The van der Waals surface area contributed by atoms with Crippen molar-refractivity contribution in [3.63, 3.8) is 0 Å². The zero-order chi connectivity index (χ0) is 57.8. The molecule has 0 unspecified atom stereocenters. The van der Waals surface area contributed by atoms with Crippen molar-refractivity contribution >= 4 is 33.3 Å². The number of aliphatic hydroxyl groups excluding tert-OH is 5. The minimum atomic E-state index is -1.29. The first-order chi connectivity index (χ1) is 39.5. The lowest BCUT2D eigenvalue weighted by Crippen LogP contribution is -2.58. The smallest absolute Gasteiger partial charge is 0.201 e. The lowest BCUT2D eigenvalue weighted by Gasteiger charge is -2.52. The second-order valence-electron chi connectivity index (χ2n) is 25.0. The van der Waals surface area contributed by atoms with Crippen LogP contribution < -0.4 is 30.6 Å². The molecule has 16 nitrogen and oxygen atoms in total. The van der Waals surface area contributed by atoms with E-state index in [1.807, 2.05) is 6.07 Å². The normalized spacial score (nSPS) is 31.8. The molecular formula is C64H84N4O12S2. The highest BCUT2D eigenvalue weighted by atomic mass is 33.1. The molecule has 18 heteroatoms. The average Bonchev–Trinajstić information content (AvgIpc) is 3.98. The number of rotatable bonds is 8. The van der Waals surface area contributed by atoms with Crippen LogP contribution >= 0.6 is 21.6 Å². The number of Topliss-reactive ketones (excluding diaryl/α,β-unsaturated/α-hetero) is 1. The summed E-state index contributed by atoms with van der Waals surface area (Å²) in [6.45, 7) is 3.52. The number of carbonyl (C=O) groups excluding carboxylic acids is 1. The quantitative estimate of drug-likeness (QED) is 0.0604. The van der Waals surface area contributed by atoms with E-state index in [2.05, 4.69) is 54.2 Å². The third kappa shape index (κ3) is 13.3. The van der Waals surface area contributed by atoms with Gasteiger partial charge in [0.15, 0.2) is 35.8 Å². The second-order valence-corrected chi connectivity index (χ2v) is 27.5. The molecule has 4 aliphatic heterocycles. The van der Waals surface area contributed by atoms with E-state index in [1.165, 1.54) is 6.07 Å². The highest BCUT2D eigenvalue weighted by molar-refractivity contribution is 8.76. The fourth-order valence-corrected chi connectivity index (χ4v) is 17.8. The van der Waals surface area contributed by atoms with Crippen LogP contribution in [0.4, 0.5) is 0 Å². The van der Waals surface area contributed by atoms with Gasteiger partial charge in [-0.2, -0.15) is 0 Å². The number of fused-ring (bicyclic) bond motifs is 8.